The van der Waals surface area contributed by atoms with Crippen LogP contribution in [0.2, 0.25) is 0 Å². The minimum atomic E-state index is -0.213. The molecule has 0 N–H and O–H groups in total. The molecule has 8 aromatic rings. The summed E-state index contributed by atoms with van der Waals surface area (Å²) in [6.45, 7) is 50.4. The topological polar surface area (TPSA) is 9.72 Å². The van der Waals surface area contributed by atoms with Gasteiger partial charge in [0.25, 0.3) is 6.71 Å². The molecule has 0 unspecified atom stereocenters. The van der Waals surface area contributed by atoms with Gasteiger partial charge in [0, 0.05) is 56.5 Å². The maximum absolute atomic E-state index is 2.75. The van der Waals surface area contributed by atoms with Crippen LogP contribution >= 0.6 is 0 Å². The number of aryl methyl sites for hydroxylation is 2. The van der Waals surface area contributed by atoms with Gasteiger partial charge in [-0.3, -0.25) is 0 Å². The van der Waals surface area contributed by atoms with Crippen molar-refractivity contribution in [3.05, 3.63) is 201 Å². The van der Waals surface area contributed by atoms with Crippen LogP contribution in [0.4, 0.5) is 51.2 Å². The first-order valence-electron chi connectivity index (χ1n) is 31.6. The third kappa shape index (κ3) is 8.55. The van der Waals surface area contributed by atoms with E-state index < -0.39 is 0 Å². The van der Waals surface area contributed by atoms with E-state index in [9.17, 15) is 0 Å². The molecule has 0 saturated carbocycles. The second-order valence-electron chi connectivity index (χ2n) is 32.7. The zero-order chi connectivity index (χ0) is 60.1. The molecule has 0 atom stereocenters. The van der Waals surface area contributed by atoms with E-state index in [1.54, 1.807) is 0 Å². The fourth-order valence-electron chi connectivity index (χ4n) is 16.3. The highest BCUT2D eigenvalue weighted by Crippen LogP contribution is 2.58. The fourth-order valence-corrected chi connectivity index (χ4v) is 16.3. The average molecular weight is 1110 g/mol. The number of nitrogens with zero attached hydrogens (tertiary/aromatic N) is 3. The molecule has 5 aliphatic rings. The third-order valence-electron chi connectivity index (χ3n) is 21.1. The van der Waals surface area contributed by atoms with Gasteiger partial charge in [-0.1, -0.05) is 204 Å². The quantitative estimate of drug-likeness (QED) is 0.159. The monoisotopic (exact) mass is 1110 g/mol. The highest BCUT2D eigenvalue weighted by molar-refractivity contribution is 7.00. The van der Waals surface area contributed by atoms with Gasteiger partial charge in [0.15, 0.2) is 0 Å². The van der Waals surface area contributed by atoms with Crippen molar-refractivity contribution in [2.24, 2.45) is 0 Å². The lowest BCUT2D eigenvalue weighted by Crippen LogP contribution is -2.61. The van der Waals surface area contributed by atoms with Crippen LogP contribution < -0.4 is 31.1 Å². The first kappa shape index (κ1) is 56.4. The van der Waals surface area contributed by atoms with E-state index in [1.165, 1.54) is 136 Å². The largest absolute Gasteiger partial charge is 0.311 e. The van der Waals surface area contributed by atoms with Crippen LogP contribution in [-0.4, -0.2) is 6.71 Å². The van der Waals surface area contributed by atoms with Gasteiger partial charge in [0.1, 0.15) is 0 Å². The summed E-state index contributed by atoms with van der Waals surface area (Å²) in [7, 11) is 0. The molecule has 0 amide bonds. The number of fused-ring (bicyclic) bond motifs is 9. The predicted molar refractivity (Wildman–Crippen MR) is 364 cm³/mol. The van der Waals surface area contributed by atoms with Crippen molar-refractivity contribution in [3.8, 4) is 11.1 Å². The zero-order valence-electron chi connectivity index (χ0n) is 54.8. The predicted octanol–water partition coefficient (Wildman–Crippen LogP) is 20.4. The first-order valence-corrected chi connectivity index (χ1v) is 31.6. The van der Waals surface area contributed by atoms with Crippen LogP contribution in [0.1, 0.15) is 212 Å². The highest BCUT2D eigenvalue weighted by Gasteiger charge is 2.50. The Bertz CT molecular complexity index is 3990. The Morgan fingerprint density at radius 2 is 0.869 bits per heavy atom. The normalized spacial score (nSPS) is 18.1. The minimum Gasteiger partial charge on any atom is -0.311 e. The van der Waals surface area contributed by atoms with Gasteiger partial charge in [-0.25, -0.2) is 0 Å². The van der Waals surface area contributed by atoms with Crippen molar-refractivity contribution in [2.75, 3.05) is 14.7 Å². The average Bonchev–Trinajstić information content (AvgIpc) is 1.04. The lowest BCUT2D eigenvalue weighted by Gasteiger charge is -2.47. The van der Waals surface area contributed by atoms with Crippen LogP contribution in [0.15, 0.2) is 140 Å². The Kier molecular flexibility index (Phi) is 12.2. The van der Waals surface area contributed by atoms with Crippen molar-refractivity contribution in [1.82, 2.24) is 0 Å². The highest BCUT2D eigenvalue weighted by atomic mass is 15.2. The molecule has 4 heteroatoms. The SMILES string of the molecule is Cc1cc2c3c(c1)N(c1cccc4c1-c1ccc(C(C)(C)C)cc1C4(C)C)c1cc(N(c4ccc(C(C)(C)C)cc4)c4ccc(C(C)(C)C)cc4)ccc1B3c1cc3c(cc1N2c1cc2c(cc1C)C(C)(C)CCC2(C)C)C(C)(C)CC3(C)C. The van der Waals surface area contributed by atoms with E-state index in [1.807, 2.05) is 0 Å². The number of hydrogen-bond acceptors (Lipinski definition) is 3. The molecule has 0 radical (unpaired) electrons. The molecule has 0 saturated heterocycles. The summed E-state index contributed by atoms with van der Waals surface area (Å²) < 4.78 is 0. The minimum absolute atomic E-state index is 0.00301. The first-order chi connectivity index (χ1) is 39.1. The van der Waals surface area contributed by atoms with E-state index in [-0.39, 0.29) is 50.0 Å². The second kappa shape index (κ2) is 18.1. The summed E-state index contributed by atoms with van der Waals surface area (Å²) in [6, 6.07) is 56.5. The molecule has 2 aliphatic heterocycles. The van der Waals surface area contributed by atoms with Gasteiger partial charge in [-0.2, -0.15) is 0 Å². The van der Waals surface area contributed by atoms with Crippen LogP contribution in [0.25, 0.3) is 11.1 Å². The molecule has 3 nitrogen and oxygen atoms in total. The standard InChI is InChI=1S/C80H92BN3/c1-48-39-69-72-70(40-48)84(66-45-61-59(41-49(66)2)76(12,13)37-38-77(61,14)15)68-46-62-60(78(16,17)47-79(62,18)19)44-64(68)81(72)63-36-34-55(82(53-30-25-50(26-31-53)73(3,4)5)54-32-27-51(28-33-54)74(6,7)8)43-67(63)83(69)65-24-22-23-57-71(65)56-35-29-52(75(9,10)11)42-58(56)80(57,20)21/h22-36,39-46H,37-38,47H2,1-21H3. The molecule has 0 bridgehead atoms. The van der Waals surface area contributed by atoms with Gasteiger partial charge in [0.05, 0.1) is 5.69 Å². The van der Waals surface area contributed by atoms with Crippen LogP contribution in [0, 0.1) is 13.8 Å². The van der Waals surface area contributed by atoms with E-state index >= 15 is 0 Å². The lowest BCUT2D eigenvalue weighted by molar-refractivity contribution is 0.332. The van der Waals surface area contributed by atoms with Crippen LogP contribution in [0.5, 0.6) is 0 Å². The van der Waals surface area contributed by atoms with Crippen molar-refractivity contribution in [1.29, 1.82) is 0 Å². The Labute approximate surface area is 506 Å². The van der Waals surface area contributed by atoms with Crippen molar-refractivity contribution >= 4 is 74.3 Å². The molecule has 84 heavy (non-hydrogen) atoms. The number of benzene rings is 8. The molecule has 430 valence electrons. The van der Waals surface area contributed by atoms with E-state index in [2.05, 4.69) is 300 Å². The smallest absolute Gasteiger partial charge is 0.252 e. The summed E-state index contributed by atoms with van der Waals surface area (Å²) in [5.41, 5.74) is 33.2. The molecular formula is C80H92BN3. The van der Waals surface area contributed by atoms with Gasteiger partial charge in [0.2, 0.25) is 0 Å². The Morgan fingerprint density at radius 1 is 0.393 bits per heavy atom. The molecule has 3 aliphatic carbocycles. The number of rotatable bonds is 5. The Hall–Kier alpha value is -6.78. The zero-order valence-corrected chi connectivity index (χ0v) is 54.8. The summed E-state index contributed by atoms with van der Waals surface area (Å²) in [6.07, 6.45) is 3.46. The summed E-state index contributed by atoms with van der Waals surface area (Å²) >= 11 is 0. The maximum Gasteiger partial charge on any atom is 0.252 e. The molecule has 0 aromatic heterocycles. The molecule has 0 fully saturated rings. The second-order valence-corrected chi connectivity index (χ2v) is 32.7. The van der Waals surface area contributed by atoms with Crippen molar-refractivity contribution in [2.45, 2.75) is 208 Å². The lowest BCUT2D eigenvalue weighted by atomic mass is 9.33. The number of anilines is 9. The molecule has 0 spiro atoms. The number of hydrogen-bond donors (Lipinski definition) is 0. The molecule has 8 aromatic carbocycles. The molecule has 13 rings (SSSR count). The van der Waals surface area contributed by atoms with E-state index in [4.69, 9.17) is 0 Å². The van der Waals surface area contributed by atoms with E-state index in [0.29, 0.717) is 0 Å². The van der Waals surface area contributed by atoms with Crippen molar-refractivity contribution in [3.63, 3.8) is 0 Å². The third-order valence-corrected chi connectivity index (χ3v) is 21.1. The Morgan fingerprint density at radius 3 is 1.43 bits per heavy atom. The Balaban J connectivity index is 1.14. The van der Waals surface area contributed by atoms with Crippen LogP contribution in [-0.2, 0) is 43.3 Å². The van der Waals surface area contributed by atoms with E-state index in [0.717, 1.165) is 23.5 Å². The molecular weight excluding hydrogens is 1010 g/mol. The van der Waals surface area contributed by atoms with Gasteiger partial charge >= 0.3 is 0 Å². The van der Waals surface area contributed by atoms with Gasteiger partial charge in [-0.15, -0.1) is 0 Å². The maximum atomic E-state index is 2.75. The summed E-state index contributed by atoms with van der Waals surface area (Å²) in [4.78, 5) is 7.98. The molecule has 2 heterocycles. The van der Waals surface area contributed by atoms with Gasteiger partial charge < -0.3 is 14.7 Å². The van der Waals surface area contributed by atoms with Crippen molar-refractivity contribution < 1.29 is 0 Å². The summed E-state index contributed by atoms with van der Waals surface area (Å²) in [5.74, 6) is 0. The summed E-state index contributed by atoms with van der Waals surface area (Å²) in [5, 5.41) is 0. The fraction of sp³-hybridized carbons (Fsp3) is 0.400. The van der Waals surface area contributed by atoms with Crippen LogP contribution in [0.3, 0.4) is 0 Å². The van der Waals surface area contributed by atoms with Gasteiger partial charge in [-0.05, 0) is 221 Å².